The standard InChI is InChI=1S/C14H21NO2/c1-4-16-12-7-5-11(6-8-12)13-9-15-10-14(2,3)17-13/h5-8,13,15H,4,9-10H2,1-3H3. The van der Waals surface area contributed by atoms with Crippen LogP contribution in [0.2, 0.25) is 0 Å². The predicted octanol–water partition coefficient (Wildman–Crippen LogP) is 2.52. The largest absolute Gasteiger partial charge is 0.494 e. The van der Waals surface area contributed by atoms with Gasteiger partial charge in [0.2, 0.25) is 0 Å². The van der Waals surface area contributed by atoms with Gasteiger partial charge in [-0.2, -0.15) is 0 Å². The molecule has 3 nitrogen and oxygen atoms in total. The average molecular weight is 235 g/mol. The van der Waals surface area contributed by atoms with Gasteiger partial charge in [0.15, 0.2) is 0 Å². The van der Waals surface area contributed by atoms with Crippen molar-refractivity contribution < 1.29 is 9.47 Å². The molecule has 0 spiro atoms. The van der Waals surface area contributed by atoms with Crippen LogP contribution in [-0.4, -0.2) is 25.3 Å². The lowest BCUT2D eigenvalue weighted by atomic mass is 10.0. The molecule has 1 atom stereocenters. The molecule has 1 N–H and O–H groups in total. The molecule has 2 rings (SSSR count). The van der Waals surface area contributed by atoms with Crippen LogP contribution in [0.4, 0.5) is 0 Å². The third-order valence-corrected chi connectivity index (χ3v) is 2.90. The first-order chi connectivity index (χ1) is 8.11. The summed E-state index contributed by atoms with van der Waals surface area (Å²) < 4.78 is 11.5. The van der Waals surface area contributed by atoms with E-state index in [1.165, 1.54) is 5.56 Å². The molecule has 0 saturated carbocycles. The summed E-state index contributed by atoms with van der Waals surface area (Å²) in [7, 11) is 0. The SMILES string of the molecule is CCOc1ccc(C2CNCC(C)(C)O2)cc1. The molecule has 0 bridgehead atoms. The lowest BCUT2D eigenvalue weighted by Gasteiger charge is -2.36. The summed E-state index contributed by atoms with van der Waals surface area (Å²) in [6.45, 7) is 8.69. The number of morpholine rings is 1. The molecule has 1 unspecified atom stereocenters. The van der Waals surface area contributed by atoms with Crippen molar-refractivity contribution in [3.8, 4) is 5.75 Å². The van der Waals surface area contributed by atoms with Crippen molar-refractivity contribution in [2.75, 3.05) is 19.7 Å². The quantitative estimate of drug-likeness (QED) is 0.873. The fourth-order valence-corrected chi connectivity index (χ4v) is 2.10. The van der Waals surface area contributed by atoms with Crippen molar-refractivity contribution in [1.29, 1.82) is 0 Å². The minimum absolute atomic E-state index is 0.0957. The highest BCUT2D eigenvalue weighted by Crippen LogP contribution is 2.27. The summed E-state index contributed by atoms with van der Waals surface area (Å²) in [6, 6.07) is 8.17. The molecule has 0 aliphatic carbocycles. The highest BCUT2D eigenvalue weighted by molar-refractivity contribution is 5.29. The van der Waals surface area contributed by atoms with E-state index in [0.717, 1.165) is 18.8 Å². The van der Waals surface area contributed by atoms with E-state index in [1.54, 1.807) is 0 Å². The molecule has 94 valence electrons. The van der Waals surface area contributed by atoms with Gasteiger partial charge in [-0.25, -0.2) is 0 Å². The van der Waals surface area contributed by atoms with Crippen LogP contribution < -0.4 is 10.1 Å². The molecule has 17 heavy (non-hydrogen) atoms. The van der Waals surface area contributed by atoms with E-state index in [4.69, 9.17) is 9.47 Å². The molecule has 1 aromatic rings. The van der Waals surface area contributed by atoms with Crippen molar-refractivity contribution in [3.05, 3.63) is 29.8 Å². The van der Waals surface area contributed by atoms with E-state index in [1.807, 2.05) is 19.1 Å². The fraction of sp³-hybridized carbons (Fsp3) is 0.571. The van der Waals surface area contributed by atoms with Crippen LogP contribution in [0.25, 0.3) is 0 Å². The molecule has 3 heteroatoms. The lowest BCUT2D eigenvalue weighted by Crippen LogP contribution is -2.46. The van der Waals surface area contributed by atoms with Gasteiger partial charge in [0.25, 0.3) is 0 Å². The Morgan fingerprint density at radius 3 is 2.65 bits per heavy atom. The van der Waals surface area contributed by atoms with Crippen molar-refractivity contribution >= 4 is 0 Å². The number of rotatable bonds is 3. The van der Waals surface area contributed by atoms with Crippen LogP contribution in [0.15, 0.2) is 24.3 Å². The number of nitrogens with one attached hydrogen (secondary N) is 1. The number of hydrogen-bond donors (Lipinski definition) is 1. The van der Waals surface area contributed by atoms with E-state index in [0.29, 0.717) is 6.61 Å². The Bertz CT molecular complexity index is 359. The van der Waals surface area contributed by atoms with Gasteiger partial charge in [-0.3, -0.25) is 0 Å². The van der Waals surface area contributed by atoms with E-state index in [2.05, 4.69) is 31.3 Å². The van der Waals surface area contributed by atoms with Gasteiger partial charge in [0.1, 0.15) is 5.75 Å². The highest BCUT2D eigenvalue weighted by atomic mass is 16.5. The van der Waals surface area contributed by atoms with E-state index < -0.39 is 0 Å². The average Bonchev–Trinajstić information content (AvgIpc) is 2.29. The third kappa shape index (κ3) is 3.20. The van der Waals surface area contributed by atoms with Gasteiger partial charge in [0, 0.05) is 13.1 Å². The molecule has 1 aliphatic rings. The number of hydrogen-bond acceptors (Lipinski definition) is 3. The topological polar surface area (TPSA) is 30.5 Å². The Hall–Kier alpha value is -1.06. The van der Waals surface area contributed by atoms with Gasteiger partial charge < -0.3 is 14.8 Å². The van der Waals surface area contributed by atoms with Crippen molar-refractivity contribution in [2.24, 2.45) is 0 Å². The molecule has 0 radical (unpaired) electrons. The van der Waals surface area contributed by atoms with Crippen molar-refractivity contribution in [2.45, 2.75) is 32.5 Å². The Balaban J connectivity index is 2.06. The molecule has 1 fully saturated rings. The highest BCUT2D eigenvalue weighted by Gasteiger charge is 2.28. The number of ether oxygens (including phenoxy) is 2. The summed E-state index contributed by atoms with van der Waals surface area (Å²) in [4.78, 5) is 0. The zero-order valence-electron chi connectivity index (χ0n) is 10.8. The summed E-state index contributed by atoms with van der Waals surface area (Å²) in [5, 5.41) is 3.41. The Morgan fingerprint density at radius 2 is 2.06 bits per heavy atom. The minimum atomic E-state index is -0.0957. The molecule has 0 aromatic heterocycles. The molecule has 1 aliphatic heterocycles. The monoisotopic (exact) mass is 235 g/mol. The first-order valence-corrected chi connectivity index (χ1v) is 6.22. The zero-order valence-corrected chi connectivity index (χ0v) is 10.8. The normalized spacial score (nSPS) is 23.4. The Morgan fingerprint density at radius 1 is 1.35 bits per heavy atom. The summed E-state index contributed by atoms with van der Waals surface area (Å²) in [6.07, 6.45) is 0.134. The number of benzene rings is 1. The summed E-state index contributed by atoms with van der Waals surface area (Å²) in [5.41, 5.74) is 1.11. The van der Waals surface area contributed by atoms with Crippen LogP contribution in [-0.2, 0) is 4.74 Å². The maximum atomic E-state index is 6.06. The maximum Gasteiger partial charge on any atom is 0.119 e. The smallest absolute Gasteiger partial charge is 0.119 e. The van der Waals surface area contributed by atoms with Crippen LogP contribution in [0, 0.1) is 0 Å². The maximum absolute atomic E-state index is 6.06. The van der Waals surface area contributed by atoms with Crippen LogP contribution in [0.1, 0.15) is 32.4 Å². The summed E-state index contributed by atoms with van der Waals surface area (Å²) in [5.74, 6) is 0.916. The van der Waals surface area contributed by atoms with Gasteiger partial charge in [-0.05, 0) is 38.5 Å². The fourth-order valence-electron chi connectivity index (χ4n) is 2.10. The molecule has 1 heterocycles. The lowest BCUT2D eigenvalue weighted by molar-refractivity contribution is -0.0958. The second kappa shape index (κ2) is 5.07. The van der Waals surface area contributed by atoms with E-state index in [9.17, 15) is 0 Å². The second-order valence-electron chi connectivity index (χ2n) is 5.00. The van der Waals surface area contributed by atoms with Gasteiger partial charge >= 0.3 is 0 Å². The Labute approximate surface area is 103 Å². The van der Waals surface area contributed by atoms with E-state index in [-0.39, 0.29) is 11.7 Å². The molecular formula is C14H21NO2. The van der Waals surface area contributed by atoms with Gasteiger partial charge in [-0.15, -0.1) is 0 Å². The van der Waals surface area contributed by atoms with Crippen molar-refractivity contribution in [1.82, 2.24) is 5.32 Å². The zero-order chi connectivity index (χ0) is 12.3. The first kappa shape index (κ1) is 12.4. The minimum Gasteiger partial charge on any atom is -0.494 e. The predicted molar refractivity (Wildman–Crippen MR) is 68.4 cm³/mol. The van der Waals surface area contributed by atoms with Crippen LogP contribution >= 0.6 is 0 Å². The second-order valence-corrected chi connectivity index (χ2v) is 5.00. The van der Waals surface area contributed by atoms with Gasteiger partial charge in [0.05, 0.1) is 18.3 Å². The van der Waals surface area contributed by atoms with E-state index >= 15 is 0 Å². The summed E-state index contributed by atoms with van der Waals surface area (Å²) >= 11 is 0. The van der Waals surface area contributed by atoms with Gasteiger partial charge in [-0.1, -0.05) is 12.1 Å². The molecule has 1 aromatic carbocycles. The first-order valence-electron chi connectivity index (χ1n) is 6.22. The molecule has 0 amide bonds. The van der Waals surface area contributed by atoms with Crippen LogP contribution in [0.3, 0.4) is 0 Å². The molecule has 1 saturated heterocycles. The van der Waals surface area contributed by atoms with Crippen LogP contribution in [0.5, 0.6) is 5.75 Å². The third-order valence-electron chi connectivity index (χ3n) is 2.90. The molecular weight excluding hydrogens is 214 g/mol. The Kier molecular flexibility index (Phi) is 3.69. The van der Waals surface area contributed by atoms with Crippen molar-refractivity contribution in [3.63, 3.8) is 0 Å².